The molecule has 0 saturated carbocycles. The first-order valence-corrected chi connectivity index (χ1v) is 16.4. The number of ether oxygens (including phenoxy) is 3. The standard InChI is InChI=1S/C37H52FNO7/c1-10-30-37(9,43)33-25(4)31(39-27(6)40)23(2)21-35(7,26(5)24(3)32(41)36(8,38)34(42)46-30)45-22-29(19-20-44-33)18-14-17-28-15-12-11-13-16-28/h11-18,23-26,30,33,43H,10,19-22H2,1-9H3/b17-14+,29-18+,39-31?/t23-,24-,25+,26-,30-,33-,35-,36+,37-/m1/s1. The van der Waals surface area contributed by atoms with Gasteiger partial charge in [-0.3, -0.25) is 9.59 Å². The molecule has 2 aliphatic heterocycles. The maximum absolute atomic E-state index is 16.2. The van der Waals surface area contributed by atoms with Crippen molar-refractivity contribution in [3.63, 3.8) is 0 Å². The Morgan fingerprint density at radius 3 is 2.35 bits per heavy atom. The van der Waals surface area contributed by atoms with Crippen LogP contribution in [-0.4, -0.2) is 70.8 Å². The second kappa shape index (κ2) is 15.3. The van der Waals surface area contributed by atoms with Gasteiger partial charge in [-0.2, -0.15) is 0 Å². The number of esters is 1. The molecular formula is C37H52FNO7. The molecule has 2 saturated heterocycles. The predicted octanol–water partition coefficient (Wildman–Crippen LogP) is 6.50. The maximum atomic E-state index is 16.2. The van der Waals surface area contributed by atoms with Crippen molar-refractivity contribution in [1.82, 2.24) is 0 Å². The first kappa shape index (κ1) is 37.4. The van der Waals surface area contributed by atoms with Crippen molar-refractivity contribution < 1.29 is 38.1 Å². The van der Waals surface area contributed by atoms with E-state index in [0.29, 0.717) is 18.6 Å². The SMILES string of the molecule is CC[C@H]1OC(=O)[C@@](C)(F)C(=O)[C@H](C)[C@@H](C)[C@@]2(C)C[C@@H](C)C(=NC(C)=O)[C@H](C)[C@@H](OCC/C(=C\C=C\c3ccccc3)CO2)[C@]1(C)O. The van der Waals surface area contributed by atoms with Crippen LogP contribution in [0, 0.1) is 23.7 Å². The van der Waals surface area contributed by atoms with Gasteiger partial charge < -0.3 is 19.3 Å². The zero-order valence-corrected chi connectivity index (χ0v) is 28.8. The molecule has 1 aromatic rings. The summed E-state index contributed by atoms with van der Waals surface area (Å²) in [5.41, 5.74) is -3.35. The van der Waals surface area contributed by atoms with Crippen LogP contribution in [0.5, 0.6) is 0 Å². The van der Waals surface area contributed by atoms with Gasteiger partial charge in [0.05, 0.1) is 24.9 Å². The van der Waals surface area contributed by atoms with Crippen LogP contribution in [0.3, 0.4) is 0 Å². The minimum Gasteiger partial charge on any atom is -0.457 e. The number of fused-ring (bicyclic) bond motifs is 5. The third-order valence-electron chi connectivity index (χ3n) is 9.97. The molecule has 2 heterocycles. The Balaban J connectivity index is 2.25. The second-order valence-corrected chi connectivity index (χ2v) is 13.7. The molecule has 0 aromatic heterocycles. The monoisotopic (exact) mass is 641 g/mol. The lowest BCUT2D eigenvalue weighted by molar-refractivity contribution is -0.201. The number of Topliss-reactive ketones (excluding diaryl/α,β-unsaturated/α-hetero) is 1. The van der Waals surface area contributed by atoms with E-state index in [4.69, 9.17) is 14.2 Å². The lowest BCUT2D eigenvalue weighted by atomic mass is 9.70. The number of nitrogens with zero attached hydrogens (tertiary/aromatic N) is 1. The van der Waals surface area contributed by atoms with E-state index in [0.717, 1.165) is 18.1 Å². The first-order chi connectivity index (χ1) is 21.5. The Morgan fingerprint density at radius 1 is 1.09 bits per heavy atom. The number of amides is 1. The minimum atomic E-state index is -2.96. The second-order valence-electron chi connectivity index (χ2n) is 13.7. The smallest absolute Gasteiger partial charge is 0.351 e. The summed E-state index contributed by atoms with van der Waals surface area (Å²) in [4.78, 5) is 43.8. The molecule has 2 fully saturated rings. The summed E-state index contributed by atoms with van der Waals surface area (Å²) >= 11 is 0. The van der Waals surface area contributed by atoms with Gasteiger partial charge in [-0.1, -0.05) is 83.2 Å². The van der Waals surface area contributed by atoms with Gasteiger partial charge in [0.15, 0.2) is 5.78 Å². The van der Waals surface area contributed by atoms with Crippen LogP contribution >= 0.6 is 0 Å². The Kier molecular flexibility index (Phi) is 12.4. The van der Waals surface area contributed by atoms with E-state index < -0.39 is 64.5 Å². The van der Waals surface area contributed by atoms with E-state index in [1.165, 1.54) is 13.8 Å². The molecule has 3 rings (SSSR count). The van der Waals surface area contributed by atoms with Crippen molar-refractivity contribution in [3.05, 3.63) is 53.6 Å². The summed E-state index contributed by atoms with van der Waals surface area (Å²) in [5.74, 6) is -5.14. The number of alkyl halides is 1. The highest BCUT2D eigenvalue weighted by Crippen LogP contribution is 2.41. The van der Waals surface area contributed by atoms with Crippen LogP contribution < -0.4 is 0 Å². The maximum Gasteiger partial charge on any atom is 0.351 e. The molecule has 0 spiro atoms. The fourth-order valence-corrected chi connectivity index (χ4v) is 6.87. The molecule has 1 aromatic carbocycles. The number of hydrogen-bond acceptors (Lipinski definition) is 7. The van der Waals surface area contributed by atoms with Gasteiger partial charge in [-0.15, -0.1) is 0 Å². The summed E-state index contributed by atoms with van der Waals surface area (Å²) in [7, 11) is 0. The molecule has 8 nitrogen and oxygen atoms in total. The summed E-state index contributed by atoms with van der Waals surface area (Å²) in [5, 5.41) is 12.1. The number of aliphatic hydroxyl groups is 1. The van der Waals surface area contributed by atoms with Gasteiger partial charge in [0.1, 0.15) is 11.7 Å². The van der Waals surface area contributed by atoms with Gasteiger partial charge in [0.2, 0.25) is 5.91 Å². The molecule has 1 N–H and O–H groups in total. The number of hydrogen-bond donors (Lipinski definition) is 1. The molecule has 0 aliphatic carbocycles. The van der Waals surface area contributed by atoms with Gasteiger partial charge in [0.25, 0.3) is 5.67 Å². The van der Waals surface area contributed by atoms with E-state index in [1.807, 2.05) is 76.3 Å². The van der Waals surface area contributed by atoms with Gasteiger partial charge in [-0.05, 0) is 63.0 Å². The summed E-state index contributed by atoms with van der Waals surface area (Å²) in [6.45, 7) is 14.9. The number of allylic oxidation sites excluding steroid dienone is 2. The van der Waals surface area contributed by atoms with Gasteiger partial charge in [0, 0.05) is 24.5 Å². The van der Waals surface area contributed by atoms with Crippen molar-refractivity contribution in [3.8, 4) is 0 Å². The van der Waals surface area contributed by atoms with Gasteiger partial charge >= 0.3 is 5.97 Å². The molecule has 9 heteroatoms. The van der Waals surface area contributed by atoms with Crippen molar-refractivity contribution in [1.29, 1.82) is 0 Å². The zero-order valence-electron chi connectivity index (χ0n) is 28.8. The van der Waals surface area contributed by atoms with Gasteiger partial charge in [-0.25, -0.2) is 14.2 Å². The number of carbonyl (C=O) groups excluding carboxylic acids is 3. The van der Waals surface area contributed by atoms with E-state index >= 15 is 4.39 Å². The van der Waals surface area contributed by atoms with Crippen LogP contribution in [0.4, 0.5) is 4.39 Å². The van der Waals surface area contributed by atoms with Crippen LogP contribution in [0.2, 0.25) is 0 Å². The molecule has 254 valence electrons. The molecule has 46 heavy (non-hydrogen) atoms. The quantitative estimate of drug-likeness (QED) is 0.296. The van der Waals surface area contributed by atoms with E-state index in [-0.39, 0.29) is 25.6 Å². The van der Waals surface area contributed by atoms with Crippen LogP contribution in [0.15, 0.2) is 53.0 Å². The molecule has 0 radical (unpaired) electrons. The van der Waals surface area contributed by atoms with E-state index in [9.17, 15) is 19.5 Å². The summed E-state index contributed by atoms with van der Waals surface area (Å²) < 4.78 is 34.9. The highest BCUT2D eigenvalue weighted by Gasteiger charge is 2.54. The number of cyclic esters (lactones) is 1. The molecule has 9 atom stereocenters. The number of ketones is 1. The highest BCUT2D eigenvalue weighted by atomic mass is 19.1. The topological polar surface area (TPSA) is 111 Å². The third kappa shape index (κ3) is 8.47. The third-order valence-corrected chi connectivity index (χ3v) is 9.97. The van der Waals surface area contributed by atoms with E-state index in [1.54, 1.807) is 13.8 Å². The van der Waals surface area contributed by atoms with Crippen molar-refractivity contribution in [2.45, 2.75) is 111 Å². The molecule has 2 bridgehead atoms. The van der Waals surface area contributed by atoms with Crippen molar-refractivity contribution in [2.75, 3.05) is 13.2 Å². The molecule has 1 amide bonds. The zero-order chi connectivity index (χ0) is 34.4. The Morgan fingerprint density at radius 2 is 1.74 bits per heavy atom. The lowest BCUT2D eigenvalue weighted by Gasteiger charge is -2.45. The lowest BCUT2D eigenvalue weighted by Crippen LogP contribution is -2.59. The number of aliphatic imine (C=N–C) groups is 1. The Bertz CT molecular complexity index is 1330. The molecule has 0 unspecified atom stereocenters. The van der Waals surface area contributed by atoms with Crippen LogP contribution in [0.1, 0.15) is 87.1 Å². The number of halogens is 1. The molecule has 2 aliphatic rings. The molecular weight excluding hydrogens is 589 g/mol. The van der Waals surface area contributed by atoms with Crippen LogP contribution in [-0.2, 0) is 28.6 Å². The fraction of sp³-hybridized carbons (Fsp3) is 0.622. The average Bonchev–Trinajstić information content (AvgIpc) is 3.00. The highest BCUT2D eigenvalue weighted by molar-refractivity contribution is 6.07. The summed E-state index contributed by atoms with van der Waals surface area (Å²) in [6, 6.07) is 9.89. The normalized spacial score (nSPS) is 38.9. The number of carbonyl (C=O) groups is 3. The minimum absolute atomic E-state index is 0.123. The fourth-order valence-electron chi connectivity index (χ4n) is 6.87. The van der Waals surface area contributed by atoms with E-state index in [2.05, 4.69) is 4.99 Å². The predicted molar refractivity (Wildman–Crippen MR) is 177 cm³/mol. The van der Waals surface area contributed by atoms with Crippen molar-refractivity contribution in [2.24, 2.45) is 28.7 Å². The van der Waals surface area contributed by atoms with Crippen molar-refractivity contribution >= 4 is 29.4 Å². The average molecular weight is 642 g/mol. The summed E-state index contributed by atoms with van der Waals surface area (Å²) in [6.07, 6.45) is 4.59. The Hall–Kier alpha value is -3.01. The largest absolute Gasteiger partial charge is 0.457 e. The number of benzene rings is 1. The Labute approximate surface area is 273 Å². The first-order valence-electron chi connectivity index (χ1n) is 16.4. The number of rotatable bonds is 3. The van der Waals surface area contributed by atoms with Crippen LogP contribution in [0.25, 0.3) is 6.08 Å².